The predicted octanol–water partition coefficient (Wildman–Crippen LogP) is 1.87. The van der Waals surface area contributed by atoms with Gasteiger partial charge >= 0.3 is 5.97 Å². The summed E-state index contributed by atoms with van der Waals surface area (Å²) in [6.07, 6.45) is 0. The number of rotatable bonds is 3. The van der Waals surface area contributed by atoms with Crippen LogP contribution in [0.2, 0.25) is 0 Å². The van der Waals surface area contributed by atoms with E-state index in [1.54, 1.807) is 14.0 Å². The third-order valence-corrected chi connectivity index (χ3v) is 3.48. The molecule has 106 valence electrons. The molecule has 0 amide bonds. The molecule has 6 heteroatoms. The maximum absolute atomic E-state index is 12.0. The highest BCUT2D eigenvalue weighted by atomic mass is 32.1. The number of carbonyl (C=O) groups excluding carboxylic acids is 1. The van der Waals surface area contributed by atoms with E-state index >= 15 is 0 Å². The number of para-hydroxylation sites is 1. The molecule has 0 aromatic heterocycles. The van der Waals surface area contributed by atoms with Crippen molar-refractivity contribution in [1.82, 2.24) is 5.32 Å². The molecule has 0 bridgehead atoms. The van der Waals surface area contributed by atoms with Gasteiger partial charge in [0.25, 0.3) is 0 Å². The first kappa shape index (κ1) is 14.5. The molecular weight excluding hydrogens is 276 g/mol. The number of nitrogens with zero attached hydrogens (tertiary/aromatic N) is 1. The van der Waals surface area contributed by atoms with E-state index in [-0.39, 0.29) is 12.0 Å². The van der Waals surface area contributed by atoms with Gasteiger partial charge in [-0.1, -0.05) is 18.2 Å². The SMILES string of the molecule is COC(=O)C1C(C)=NC(=S)NC1c1ccccc1OC. The lowest BCUT2D eigenvalue weighted by atomic mass is 9.88. The van der Waals surface area contributed by atoms with Crippen molar-refractivity contribution in [2.24, 2.45) is 10.9 Å². The third-order valence-electron chi connectivity index (χ3n) is 3.27. The van der Waals surface area contributed by atoms with Gasteiger partial charge in [-0.05, 0) is 25.2 Å². The first-order valence-electron chi connectivity index (χ1n) is 6.15. The maximum Gasteiger partial charge on any atom is 0.316 e. The molecule has 0 saturated heterocycles. The van der Waals surface area contributed by atoms with Crippen molar-refractivity contribution in [3.8, 4) is 5.75 Å². The minimum absolute atomic E-state index is 0.344. The normalized spacial score (nSPS) is 21.8. The van der Waals surface area contributed by atoms with Crippen LogP contribution in [0.1, 0.15) is 18.5 Å². The van der Waals surface area contributed by atoms with E-state index in [4.69, 9.17) is 21.7 Å². The van der Waals surface area contributed by atoms with E-state index in [0.29, 0.717) is 16.6 Å². The molecule has 5 nitrogen and oxygen atoms in total. The van der Waals surface area contributed by atoms with Crippen molar-refractivity contribution >= 4 is 29.0 Å². The van der Waals surface area contributed by atoms with E-state index in [0.717, 1.165) is 5.56 Å². The molecule has 0 radical (unpaired) electrons. The molecule has 2 unspecified atom stereocenters. The number of carbonyl (C=O) groups is 1. The molecule has 0 fully saturated rings. The Balaban J connectivity index is 2.49. The molecular formula is C14H16N2O3S. The molecule has 1 N–H and O–H groups in total. The fourth-order valence-electron chi connectivity index (χ4n) is 2.33. The van der Waals surface area contributed by atoms with Crippen molar-refractivity contribution in [1.29, 1.82) is 0 Å². The molecule has 2 atom stereocenters. The van der Waals surface area contributed by atoms with Gasteiger partial charge in [-0.15, -0.1) is 0 Å². The summed E-state index contributed by atoms with van der Waals surface area (Å²) >= 11 is 5.12. The van der Waals surface area contributed by atoms with Crippen molar-refractivity contribution < 1.29 is 14.3 Å². The van der Waals surface area contributed by atoms with Crippen LogP contribution >= 0.6 is 12.2 Å². The maximum atomic E-state index is 12.0. The van der Waals surface area contributed by atoms with Crippen LogP contribution in [-0.4, -0.2) is 31.0 Å². The molecule has 2 rings (SSSR count). The van der Waals surface area contributed by atoms with Crippen molar-refractivity contribution in [3.05, 3.63) is 29.8 Å². The summed E-state index contributed by atoms with van der Waals surface area (Å²) in [5.74, 6) is -0.184. The van der Waals surface area contributed by atoms with E-state index < -0.39 is 5.92 Å². The Bertz CT molecular complexity index is 571. The Kier molecular flexibility index (Phi) is 4.34. The second-order valence-electron chi connectivity index (χ2n) is 4.42. The topological polar surface area (TPSA) is 59.9 Å². The van der Waals surface area contributed by atoms with Crippen LogP contribution in [0, 0.1) is 5.92 Å². The van der Waals surface area contributed by atoms with Gasteiger partial charge < -0.3 is 14.8 Å². The van der Waals surface area contributed by atoms with E-state index in [9.17, 15) is 4.79 Å². The zero-order chi connectivity index (χ0) is 14.7. The second kappa shape index (κ2) is 6.00. The predicted molar refractivity (Wildman–Crippen MR) is 80.1 cm³/mol. The summed E-state index contributed by atoms with van der Waals surface area (Å²) in [4.78, 5) is 16.2. The lowest BCUT2D eigenvalue weighted by Gasteiger charge is -2.31. The highest BCUT2D eigenvalue weighted by molar-refractivity contribution is 7.80. The standard InChI is InChI=1S/C14H16N2O3S/c1-8-11(13(17)19-3)12(16-14(20)15-8)9-6-4-5-7-10(9)18-2/h4-7,11-12H,1-3H3,(H,16,20). The Labute approximate surface area is 123 Å². The molecule has 20 heavy (non-hydrogen) atoms. The quantitative estimate of drug-likeness (QED) is 0.681. The van der Waals surface area contributed by atoms with Gasteiger partial charge in [0.15, 0.2) is 5.11 Å². The number of hydrogen-bond acceptors (Lipinski definition) is 4. The summed E-state index contributed by atoms with van der Waals surface area (Å²) in [5, 5.41) is 3.43. The first-order chi connectivity index (χ1) is 9.58. The minimum atomic E-state index is -0.525. The summed E-state index contributed by atoms with van der Waals surface area (Å²) in [5.41, 5.74) is 1.48. The third kappa shape index (κ3) is 2.65. The van der Waals surface area contributed by atoms with Crippen LogP contribution in [0.4, 0.5) is 0 Å². The van der Waals surface area contributed by atoms with Crippen molar-refractivity contribution in [2.75, 3.05) is 14.2 Å². The average molecular weight is 292 g/mol. The molecule has 1 aromatic carbocycles. The number of ether oxygens (including phenoxy) is 2. The van der Waals surface area contributed by atoms with E-state index in [1.807, 2.05) is 24.3 Å². The lowest BCUT2D eigenvalue weighted by molar-refractivity contribution is -0.143. The van der Waals surface area contributed by atoms with Gasteiger partial charge in [0.05, 0.1) is 20.3 Å². The summed E-state index contributed by atoms with van der Waals surface area (Å²) < 4.78 is 10.2. The zero-order valence-corrected chi connectivity index (χ0v) is 12.4. The smallest absolute Gasteiger partial charge is 0.316 e. The number of hydrogen-bond donors (Lipinski definition) is 1. The Morgan fingerprint density at radius 1 is 1.35 bits per heavy atom. The van der Waals surface area contributed by atoms with E-state index in [2.05, 4.69) is 10.3 Å². The number of thiocarbonyl (C=S) groups is 1. The molecule has 1 aromatic rings. The molecule has 0 aliphatic carbocycles. The first-order valence-corrected chi connectivity index (χ1v) is 6.55. The summed E-state index contributed by atoms with van der Waals surface area (Å²) in [6, 6.07) is 7.15. The monoisotopic (exact) mass is 292 g/mol. The highest BCUT2D eigenvalue weighted by Crippen LogP contribution is 2.33. The van der Waals surface area contributed by atoms with Gasteiger partial charge in [-0.3, -0.25) is 4.79 Å². The van der Waals surface area contributed by atoms with Gasteiger partial charge in [0.2, 0.25) is 0 Å². The highest BCUT2D eigenvalue weighted by Gasteiger charge is 2.37. The van der Waals surface area contributed by atoms with Crippen LogP contribution < -0.4 is 10.1 Å². The summed E-state index contributed by atoms with van der Waals surface area (Å²) in [7, 11) is 2.95. The van der Waals surface area contributed by atoms with Gasteiger partial charge in [0.1, 0.15) is 11.7 Å². The van der Waals surface area contributed by atoms with Crippen LogP contribution in [0.3, 0.4) is 0 Å². The fraction of sp³-hybridized carbons (Fsp3) is 0.357. The molecule has 1 heterocycles. The van der Waals surface area contributed by atoms with Gasteiger partial charge in [-0.25, -0.2) is 4.99 Å². The number of nitrogens with one attached hydrogen (secondary N) is 1. The lowest BCUT2D eigenvalue weighted by Crippen LogP contribution is -2.44. The number of methoxy groups -OCH3 is 2. The van der Waals surface area contributed by atoms with Crippen LogP contribution in [0.15, 0.2) is 29.3 Å². The van der Waals surface area contributed by atoms with E-state index in [1.165, 1.54) is 7.11 Å². The van der Waals surface area contributed by atoms with Gasteiger partial charge in [-0.2, -0.15) is 0 Å². The largest absolute Gasteiger partial charge is 0.496 e. The average Bonchev–Trinajstić information content (AvgIpc) is 2.45. The molecule has 1 aliphatic heterocycles. The van der Waals surface area contributed by atoms with Crippen LogP contribution in [-0.2, 0) is 9.53 Å². The second-order valence-corrected chi connectivity index (χ2v) is 4.81. The number of benzene rings is 1. The van der Waals surface area contributed by atoms with Crippen molar-refractivity contribution in [2.45, 2.75) is 13.0 Å². The summed E-state index contributed by atoms with van der Waals surface area (Å²) in [6.45, 7) is 1.77. The zero-order valence-electron chi connectivity index (χ0n) is 11.5. The molecule has 0 spiro atoms. The molecule has 1 aliphatic rings. The Morgan fingerprint density at radius 2 is 2.05 bits per heavy atom. The van der Waals surface area contributed by atoms with Crippen LogP contribution in [0.5, 0.6) is 5.75 Å². The fourth-order valence-corrected chi connectivity index (χ4v) is 2.60. The van der Waals surface area contributed by atoms with Crippen molar-refractivity contribution in [3.63, 3.8) is 0 Å². The molecule has 0 saturated carbocycles. The van der Waals surface area contributed by atoms with Crippen LogP contribution in [0.25, 0.3) is 0 Å². The minimum Gasteiger partial charge on any atom is -0.496 e. The Morgan fingerprint density at radius 3 is 2.70 bits per heavy atom. The Hall–Kier alpha value is -1.95. The number of esters is 1. The number of aliphatic imine (C=N–C) groups is 1. The van der Waals surface area contributed by atoms with Gasteiger partial charge in [0, 0.05) is 11.3 Å².